The number of H-pyrrole nitrogens is 1. The van der Waals surface area contributed by atoms with E-state index < -0.39 is 5.91 Å². The number of rotatable bonds is 6. The normalized spacial score (nSPS) is 12.2. The summed E-state index contributed by atoms with van der Waals surface area (Å²) in [4.78, 5) is 29.3. The van der Waals surface area contributed by atoms with E-state index in [1.165, 1.54) is 17.2 Å². The zero-order chi connectivity index (χ0) is 26.4. The van der Waals surface area contributed by atoms with Gasteiger partial charge in [-0.25, -0.2) is 4.98 Å². The van der Waals surface area contributed by atoms with Gasteiger partial charge < -0.3 is 5.73 Å². The number of nitrogens with two attached hydrogens (primary N) is 1. The second kappa shape index (κ2) is 8.96. The zero-order valence-corrected chi connectivity index (χ0v) is 20.7. The molecule has 0 unspecified atom stereocenters. The molecule has 38 heavy (non-hydrogen) atoms. The molecule has 0 saturated carbocycles. The quantitative estimate of drug-likeness (QED) is 0.356. The summed E-state index contributed by atoms with van der Waals surface area (Å²) in [5.74, 6) is -0.123. The van der Waals surface area contributed by atoms with Crippen molar-refractivity contribution in [1.82, 2.24) is 29.2 Å². The number of primary amides is 1. The predicted molar refractivity (Wildman–Crippen MR) is 142 cm³/mol. The maximum absolute atomic E-state index is 14.2. The number of hydrogen-bond acceptors (Lipinski definition) is 6. The van der Waals surface area contributed by atoms with Crippen LogP contribution in [0.1, 0.15) is 29.0 Å². The zero-order valence-electron chi connectivity index (χ0n) is 20.7. The first-order chi connectivity index (χ1) is 18.4. The number of hydrogen-bond donors (Lipinski definition) is 2. The number of benzene rings is 2. The first kappa shape index (κ1) is 23.1. The van der Waals surface area contributed by atoms with Crippen molar-refractivity contribution in [2.45, 2.75) is 13.0 Å². The summed E-state index contributed by atoms with van der Waals surface area (Å²) in [6, 6.07) is 16.9. The molecule has 0 radical (unpaired) electrons. The Morgan fingerprint density at radius 1 is 1.05 bits per heavy atom. The highest BCUT2D eigenvalue weighted by atomic mass is 16.1. The second-order valence-electron chi connectivity index (χ2n) is 9.01. The fraction of sp³-hybridized carbons (Fsp3) is 0.111. The minimum Gasteiger partial charge on any atom is -0.365 e. The lowest BCUT2D eigenvalue weighted by atomic mass is 9.99. The number of nitrogens with one attached hydrogen (secondary N) is 2. The summed E-state index contributed by atoms with van der Waals surface area (Å²) in [6.45, 7) is 1.94. The number of para-hydroxylation sites is 1. The average Bonchev–Trinajstić information content (AvgIpc) is 3.56. The van der Waals surface area contributed by atoms with Gasteiger partial charge in [-0.1, -0.05) is 41.0 Å². The van der Waals surface area contributed by atoms with E-state index >= 15 is 0 Å². The molecule has 0 saturated heterocycles. The monoisotopic (exact) mass is 506 g/mol. The van der Waals surface area contributed by atoms with Crippen molar-refractivity contribution in [1.29, 1.82) is 0 Å². The van der Waals surface area contributed by atoms with Crippen LogP contribution in [0.15, 0.2) is 84.3 Å². The van der Waals surface area contributed by atoms with Crippen LogP contribution >= 0.6 is 0 Å². The van der Waals surface area contributed by atoms with Gasteiger partial charge >= 0.3 is 0 Å². The lowest BCUT2D eigenvalue weighted by molar-refractivity contribution is -0.366. The average molecular weight is 507 g/mol. The lowest BCUT2D eigenvalue weighted by Gasteiger charge is -2.20. The fourth-order valence-electron chi connectivity index (χ4n) is 4.80. The van der Waals surface area contributed by atoms with Gasteiger partial charge in [-0.3, -0.25) is 24.2 Å². The second-order valence-corrected chi connectivity index (χ2v) is 9.01. The van der Waals surface area contributed by atoms with Crippen molar-refractivity contribution in [3.63, 3.8) is 0 Å². The number of carbonyl (C=O) groups excluding carboxylic acids is 1. The molecule has 11 nitrogen and oxygen atoms in total. The first-order valence-corrected chi connectivity index (χ1v) is 12.0. The molecule has 1 amide bonds. The molecule has 4 aromatic heterocycles. The van der Waals surface area contributed by atoms with Crippen LogP contribution in [-0.4, -0.2) is 35.1 Å². The predicted octanol–water partition coefficient (Wildman–Crippen LogP) is 2.52. The van der Waals surface area contributed by atoms with Crippen LogP contribution in [0.3, 0.4) is 0 Å². The molecule has 11 heteroatoms. The molecule has 188 valence electrons. The Morgan fingerprint density at radius 3 is 2.61 bits per heavy atom. The van der Waals surface area contributed by atoms with Gasteiger partial charge in [-0.2, -0.15) is 5.10 Å². The molecule has 0 aliphatic heterocycles. The highest BCUT2D eigenvalue weighted by Gasteiger charge is 2.24. The minimum absolute atomic E-state index is 0.150. The van der Waals surface area contributed by atoms with Gasteiger partial charge in [0.2, 0.25) is 12.1 Å². The van der Waals surface area contributed by atoms with Crippen molar-refractivity contribution in [3.8, 4) is 16.8 Å². The van der Waals surface area contributed by atoms with Crippen LogP contribution in [0.5, 0.6) is 0 Å². The summed E-state index contributed by atoms with van der Waals surface area (Å²) in [7, 11) is 1.85. The number of aryl methyl sites for hydroxylation is 1. The van der Waals surface area contributed by atoms with Crippen LogP contribution in [0.2, 0.25) is 0 Å². The Kier molecular flexibility index (Phi) is 5.45. The molecule has 0 bridgehead atoms. The highest BCUT2D eigenvalue weighted by Crippen LogP contribution is 2.30. The minimum atomic E-state index is -0.619. The van der Waals surface area contributed by atoms with E-state index in [-0.39, 0.29) is 17.2 Å². The number of pyridine rings is 1. The van der Waals surface area contributed by atoms with E-state index in [1.54, 1.807) is 15.4 Å². The molecule has 1 atom stereocenters. The lowest BCUT2D eigenvalue weighted by Crippen LogP contribution is -2.27. The highest BCUT2D eigenvalue weighted by molar-refractivity contribution is 6.01. The SMILES string of the molecule is C[C@H](Nc1[nH+]cnn2ncc(C(N)=O)c12)c1cc2cccc(-c3cnn(C)c3)c2c(=O)n1-c1ccccc1. The summed E-state index contributed by atoms with van der Waals surface area (Å²) < 4.78 is 4.76. The van der Waals surface area contributed by atoms with E-state index in [2.05, 4.69) is 25.6 Å². The van der Waals surface area contributed by atoms with Crippen molar-refractivity contribution in [2.24, 2.45) is 12.8 Å². The van der Waals surface area contributed by atoms with Crippen LogP contribution in [0, 0.1) is 0 Å². The largest absolute Gasteiger partial charge is 0.365 e. The van der Waals surface area contributed by atoms with Gasteiger partial charge in [0.05, 0.1) is 29.0 Å². The third kappa shape index (κ3) is 3.77. The fourth-order valence-corrected chi connectivity index (χ4v) is 4.80. The van der Waals surface area contributed by atoms with E-state index in [9.17, 15) is 9.59 Å². The maximum atomic E-state index is 14.2. The first-order valence-electron chi connectivity index (χ1n) is 12.0. The molecule has 6 rings (SSSR count). The number of carbonyl (C=O) groups is 1. The summed E-state index contributed by atoms with van der Waals surface area (Å²) in [6.07, 6.45) is 6.49. The molecule has 0 fully saturated rings. The van der Waals surface area contributed by atoms with Gasteiger partial charge in [0.15, 0.2) is 5.52 Å². The van der Waals surface area contributed by atoms with Gasteiger partial charge in [0.1, 0.15) is 6.04 Å². The number of aromatic nitrogens is 7. The maximum Gasteiger partial charge on any atom is 0.263 e. The number of fused-ring (bicyclic) bond motifs is 2. The van der Waals surface area contributed by atoms with E-state index in [0.717, 1.165) is 27.9 Å². The summed E-state index contributed by atoms with van der Waals surface area (Å²) >= 11 is 0. The molecular weight excluding hydrogens is 482 g/mol. The Hall–Kier alpha value is -5.32. The molecule has 0 aliphatic carbocycles. The summed E-state index contributed by atoms with van der Waals surface area (Å²) in [5.41, 5.74) is 9.19. The molecule has 0 aliphatic rings. The number of amides is 1. The van der Waals surface area contributed by atoms with Crippen molar-refractivity contribution in [2.75, 3.05) is 5.32 Å². The van der Waals surface area contributed by atoms with Crippen LogP contribution in [0.4, 0.5) is 5.82 Å². The third-order valence-electron chi connectivity index (χ3n) is 6.54. The Balaban J connectivity index is 1.56. The van der Waals surface area contributed by atoms with Gasteiger partial charge in [-0.15, -0.1) is 5.10 Å². The number of nitrogens with zero attached hydrogens (tertiary/aromatic N) is 6. The molecule has 2 aromatic carbocycles. The Morgan fingerprint density at radius 2 is 1.87 bits per heavy atom. The third-order valence-corrected chi connectivity index (χ3v) is 6.54. The van der Waals surface area contributed by atoms with Crippen molar-refractivity contribution in [3.05, 3.63) is 101 Å². The smallest absolute Gasteiger partial charge is 0.263 e. The van der Waals surface area contributed by atoms with Gasteiger partial charge in [-0.05, 0) is 36.1 Å². The van der Waals surface area contributed by atoms with Gasteiger partial charge in [0, 0.05) is 29.6 Å². The van der Waals surface area contributed by atoms with Crippen LogP contribution in [-0.2, 0) is 7.05 Å². The van der Waals surface area contributed by atoms with E-state index in [4.69, 9.17) is 5.73 Å². The van der Waals surface area contributed by atoms with Crippen molar-refractivity contribution >= 4 is 28.0 Å². The van der Waals surface area contributed by atoms with E-state index in [0.29, 0.717) is 16.7 Å². The molecule has 6 aromatic rings. The van der Waals surface area contributed by atoms with Gasteiger partial charge in [0.25, 0.3) is 11.5 Å². The van der Waals surface area contributed by atoms with Crippen LogP contribution in [0.25, 0.3) is 33.1 Å². The topological polar surface area (TPSA) is 139 Å². The summed E-state index contributed by atoms with van der Waals surface area (Å²) in [5, 5.41) is 17.3. The Labute approximate surface area is 216 Å². The molecular formula is C27H24N9O2+. The number of anilines is 1. The number of aromatic amines is 1. The van der Waals surface area contributed by atoms with Crippen LogP contribution < -0.4 is 21.6 Å². The molecule has 0 spiro atoms. The van der Waals surface area contributed by atoms with E-state index in [1.807, 2.05) is 74.8 Å². The van der Waals surface area contributed by atoms with Crippen molar-refractivity contribution < 1.29 is 9.78 Å². The molecule has 4 heterocycles. The Bertz CT molecular complexity index is 1890. The molecule has 4 N–H and O–H groups in total. The standard InChI is InChI=1S/C27H23N9O2/c1-16(33-26-24-21(25(28)37)13-31-36(24)32-15-29-26)22-11-17-7-6-10-20(18-12-30-34(2)14-18)23(17)27(38)35(22)19-8-4-3-5-9-19/h3-16H,1-2H3,(H2,28,37)(H,29,32,33)/p+1/t16-/m0/s1.